The van der Waals surface area contributed by atoms with Gasteiger partial charge in [-0.25, -0.2) is 4.79 Å². The molecule has 0 saturated carbocycles. The molecule has 2 N–H and O–H groups in total. The molecule has 0 unspecified atom stereocenters. The van der Waals surface area contributed by atoms with Crippen molar-refractivity contribution in [3.63, 3.8) is 0 Å². The molecule has 19 heavy (non-hydrogen) atoms. The third-order valence-electron chi connectivity index (χ3n) is 3.49. The van der Waals surface area contributed by atoms with Gasteiger partial charge in [0.25, 0.3) is 0 Å². The minimum atomic E-state index is -0.732. The maximum atomic E-state index is 11.8. The third-order valence-corrected chi connectivity index (χ3v) is 3.49. The van der Waals surface area contributed by atoms with E-state index in [4.69, 9.17) is 5.11 Å². The van der Waals surface area contributed by atoms with Gasteiger partial charge in [-0.2, -0.15) is 0 Å². The Morgan fingerprint density at radius 3 is 2.63 bits per heavy atom. The fourth-order valence-electron chi connectivity index (χ4n) is 2.29. The van der Waals surface area contributed by atoms with E-state index in [1.165, 1.54) is 0 Å². The number of carboxylic acids is 1. The van der Waals surface area contributed by atoms with E-state index in [1.54, 1.807) is 0 Å². The highest BCUT2D eigenvalue weighted by Crippen LogP contribution is 2.21. The number of carboxylic acid groups (broad SMARTS) is 1. The summed E-state index contributed by atoms with van der Waals surface area (Å²) in [4.78, 5) is 24.2. The number of hydrogen-bond donors (Lipinski definition) is 2. The molecule has 1 saturated heterocycles. The lowest BCUT2D eigenvalue weighted by atomic mass is 9.92. The highest BCUT2D eigenvalue weighted by molar-refractivity contribution is 5.74. The van der Waals surface area contributed by atoms with Crippen molar-refractivity contribution in [2.45, 2.75) is 39.0 Å². The molecule has 0 aromatic carbocycles. The number of nitrogens with zero attached hydrogens (tertiary/aromatic N) is 1. The summed E-state index contributed by atoms with van der Waals surface area (Å²) >= 11 is 0. The largest absolute Gasteiger partial charge is 0.481 e. The number of likely N-dealkylation sites (tertiary alicyclic amines) is 1. The van der Waals surface area contributed by atoms with Gasteiger partial charge in [-0.15, -0.1) is 0 Å². The van der Waals surface area contributed by atoms with E-state index in [-0.39, 0.29) is 12.5 Å². The first kappa shape index (κ1) is 15.5. The molecule has 0 aromatic rings. The molecule has 0 radical (unpaired) electrons. The fraction of sp³-hybridized carbons (Fsp3) is 0.714. The molecule has 5 heteroatoms. The molecular formula is C14H24N2O3. The summed E-state index contributed by atoms with van der Waals surface area (Å²) in [5.41, 5.74) is 0. The van der Waals surface area contributed by atoms with Gasteiger partial charge in [0.1, 0.15) is 0 Å². The number of piperidine rings is 1. The van der Waals surface area contributed by atoms with E-state index >= 15 is 0 Å². The van der Waals surface area contributed by atoms with E-state index in [0.717, 1.165) is 38.8 Å². The predicted molar refractivity (Wildman–Crippen MR) is 74.0 cm³/mol. The quantitative estimate of drug-likeness (QED) is 0.573. The number of aliphatic carboxylic acids is 1. The summed E-state index contributed by atoms with van der Waals surface area (Å²) in [6, 6.07) is 0.00110. The van der Waals surface area contributed by atoms with Gasteiger partial charge >= 0.3 is 12.0 Å². The van der Waals surface area contributed by atoms with Crippen LogP contribution in [0.25, 0.3) is 0 Å². The van der Waals surface area contributed by atoms with Crippen molar-refractivity contribution in [3.05, 3.63) is 12.2 Å². The molecule has 1 aliphatic heterocycles. The molecule has 1 heterocycles. The standard InChI is InChI=1S/C14H24N2O3/c1-2-3-4-9-15-14(19)16-10-7-12(8-11-16)5-6-13(17)18/h2-3,12H,4-11H2,1H3,(H,15,19)(H,17,18)/b3-2+. The summed E-state index contributed by atoms with van der Waals surface area (Å²) in [5.74, 6) is -0.285. The second-order valence-electron chi connectivity index (χ2n) is 4.95. The van der Waals surface area contributed by atoms with Gasteiger partial charge in [-0.1, -0.05) is 12.2 Å². The van der Waals surface area contributed by atoms with Crippen LogP contribution in [0.4, 0.5) is 4.79 Å². The normalized spacial score (nSPS) is 16.8. The lowest BCUT2D eigenvalue weighted by molar-refractivity contribution is -0.137. The second kappa shape index (κ2) is 8.56. The lowest BCUT2D eigenvalue weighted by Gasteiger charge is -2.31. The number of amides is 2. The van der Waals surface area contributed by atoms with E-state index in [1.807, 2.05) is 24.0 Å². The van der Waals surface area contributed by atoms with Gasteiger partial charge in [0, 0.05) is 26.1 Å². The molecule has 0 aromatic heterocycles. The Kier molecular flexibility index (Phi) is 7.00. The monoisotopic (exact) mass is 268 g/mol. The topological polar surface area (TPSA) is 69.6 Å². The predicted octanol–water partition coefficient (Wildman–Crippen LogP) is 2.24. The summed E-state index contributed by atoms with van der Waals surface area (Å²) in [6.07, 6.45) is 7.65. The molecule has 1 rings (SSSR count). The number of nitrogens with one attached hydrogen (secondary N) is 1. The van der Waals surface area contributed by atoms with Crippen LogP contribution < -0.4 is 5.32 Å². The van der Waals surface area contributed by atoms with Gasteiger partial charge in [0.05, 0.1) is 0 Å². The van der Waals surface area contributed by atoms with Crippen molar-refractivity contribution in [2.75, 3.05) is 19.6 Å². The third kappa shape index (κ3) is 6.27. The van der Waals surface area contributed by atoms with Crippen LogP contribution in [0.2, 0.25) is 0 Å². The molecule has 108 valence electrons. The zero-order chi connectivity index (χ0) is 14.1. The fourth-order valence-corrected chi connectivity index (χ4v) is 2.29. The number of urea groups is 1. The Bertz CT molecular complexity index is 321. The average Bonchev–Trinajstić information content (AvgIpc) is 2.41. The second-order valence-corrected chi connectivity index (χ2v) is 4.95. The SMILES string of the molecule is C/C=C/CCNC(=O)N1CCC(CCC(=O)O)CC1. The number of carbonyl (C=O) groups excluding carboxylic acids is 1. The first-order chi connectivity index (χ1) is 9.13. The maximum absolute atomic E-state index is 11.8. The van der Waals surface area contributed by atoms with Gasteiger partial charge in [0.15, 0.2) is 0 Å². The molecule has 0 atom stereocenters. The van der Waals surface area contributed by atoms with Gasteiger partial charge in [0.2, 0.25) is 0 Å². The number of allylic oxidation sites excluding steroid dienone is 1. The highest BCUT2D eigenvalue weighted by atomic mass is 16.4. The minimum absolute atomic E-state index is 0.00110. The van der Waals surface area contributed by atoms with Crippen LogP contribution >= 0.6 is 0 Å². The Balaban J connectivity index is 2.17. The summed E-state index contributed by atoms with van der Waals surface area (Å²) < 4.78 is 0. The molecule has 2 amide bonds. The Labute approximate surface area is 114 Å². The van der Waals surface area contributed by atoms with E-state index in [0.29, 0.717) is 12.5 Å². The maximum Gasteiger partial charge on any atom is 0.317 e. The number of carbonyl (C=O) groups is 2. The number of rotatable bonds is 6. The average molecular weight is 268 g/mol. The van der Waals surface area contributed by atoms with Crippen LogP contribution in [-0.2, 0) is 4.79 Å². The molecule has 1 aliphatic rings. The smallest absolute Gasteiger partial charge is 0.317 e. The summed E-state index contributed by atoms with van der Waals surface area (Å²) in [5, 5.41) is 11.5. The molecule has 1 fully saturated rings. The van der Waals surface area contributed by atoms with E-state index in [9.17, 15) is 9.59 Å². The van der Waals surface area contributed by atoms with Crippen LogP contribution in [0.3, 0.4) is 0 Å². The van der Waals surface area contributed by atoms with Crippen LogP contribution in [0, 0.1) is 5.92 Å². The van der Waals surface area contributed by atoms with Crippen molar-refractivity contribution in [3.8, 4) is 0 Å². The lowest BCUT2D eigenvalue weighted by Crippen LogP contribution is -2.44. The summed E-state index contributed by atoms with van der Waals surface area (Å²) in [6.45, 7) is 4.10. The van der Waals surface area contributed by atoms with Gasteiger partial charge in [-0.3, -0.25) is 4.79 Å². The Hall–Kier alpha value is -1.52. The first-order valence-electron chi connectivity index (χ1n) is 6.99. The Morgan fingerprint density at radius 1 is 1.37 bits per heavy atom. The number of hydrogen-bond acceptors (Lipinski definition) is 2. The van der Waals surface area contributed by atoms with Gasteiger partial charge < -0.3 is 15.3 Å². The zero-order valence-corrected chi connectivity index (χ0v) is 11.6. The molecule has 5 nitrogen and oxygen atoms in total. The van der Waals surface area contributed by atoms with Crippen molar-refractivity contribution in [2.24, 2.45) is 5.92 Å². The van der Waals surface area contributed by atoms with Crippen molar-refractivity contribution in [1.82, 2.24) is 10.2 Å². The molecular weight excluding hydrogens is 244 g/mol. The first-order valence-corrected chi connectivity index (χ1v) is 6.99. The molecule has 0 spiro atoms. The summed E-state index contributed by atoms with van der Waals surface area (Å²) in [7, 11) is 0. The molecule has 0 aliphatic carbocycles. The Morgan fingerprint density at radius 2 is 2.05 bits per heavy atom. The minimum Gasteiger partial charge on any atom is -0.481 e. The zero-order valence-electron chi connectivity index (χ0n) is 11.6. The van der Waals surface area contributed by atoms with E-state index in [2.05, 4.69) is 5.32 Å². The van der Waals surface area contributed by atoms with Crippen molar-refractivity contribution >= 4 is 12.0 Å². The van der Waals surface area contributed by atoms with Crippen LogP contribution in [0.5, 0.6) is 0 Å². The van der Waals surface area contributed by atoms with E-state index < -0.39 is 5.97 Å². The van der Waals surface area contributed by atoms with Gasteiger partial charge in [-0.05, 0) is 38.5 Å². The highest BCUT2D eigenvalue weighted by Gasteiger charge is 2.22. The van der Waals surface area contributed by atoms with Crippen molar-refractivity contribution < 1.29 is 14.7 Å². The van der Waals surface area contributed by atoms with Crippen LogP contribution in [0.15, 0.2) is 12.2 Å². The van der Waals surface area contributed by atoms with Crippen LogP contribution in [-0.4, -0.2) is 41.6 Å². The van der Waals surface area contributed by atoms with Crippen molar-refractivity contribution in [1.29, 1.82) is 0 Å². The van der Waals surface area contributed by atoms with Crippen LogP contribution in [0.1, 0.15) is 39.0 Å². The molecule has 0 bridgehead atoms.